The van der Waals surface area contributed by atoms with Gasteiger partial charge in [0.05, 0.1) is 37.7 Å². The largest absolute Gasteiger partial charge is 0.492 e. The van der Waals surface area contributed by atoms with E-state index in [1.54, 1.807) is 22.3 Å². The summed E-state index contributed by atoms with van der Waals surface area (Å²) < 4.78 is 9.95. The summed E-state index contributed by atoms with van der Waals surface area (Å²) in [6.07, 6.45) is 8.38. The highest BCUT2D eigenvalue weighted by Crippen LogP contribution is 2.42. The van der Waals surface area contributed by atoms with Crippen LogP contribution in [0, 0.1) is 0 Å². The molecule has 0 spiro atoms. The van der Waals surface area contributed by atoms with Gasteiger partial charge in [-0.05, 0) is 50.7 Å². The number of aliphatic hydroxyl groups is 1. The van der Waals surface area contributed by atoms with Crippen LogP contribution in [-0.2, 0) is 13.0 Å². The Bertz CT molecular complexity index is 1300. The van der Waals surface area contributed by atoms with Gasteiger partial charge in [0.2, 0.25) is 0 Å². The van der Waals surface area contributed by atoms with Crippen LogP contribution in [0.25, 0.3) is 33.2 Å². The second-order valence-electron chi connectivity index (χ2n) is 8.88. The van der Waals surface area contributed by atoms with E-state index in [-0.39, 0.29) is 6.61 Å². The van der Waals surface area contributed by atoms with Crippen LogP contribution in [0.3, 0.4) is 0 Å². The maximum Gasteiger partial charge on any atom is 0.187 e. The minimum absolute atomic E-state index is 0.0644. The summed E-state index contributed by atoms with van der Waals surface area (Å²) in [6.45, 7) is 3.30. The Morgan fingerprint density at radius 3 is 2.91 bits per heavy atom. The third-order valence-electron chi connectivity index (χ3n) is 6.61. The van der Waals surface area contributed by atoms with Crippen molar-refractivity contribution in [3.8, 4) is 39.0 Å². The van der Waals surface area contributed by atoms with Crippen molar-refractivity contribution in [1.82, 2.24) is 34.4 Å². The molecule has 9 nitrogen and oxygen atoms in total. The summed E-state index contributed by atoms with van der Waals surface area (Å²) in [4.78, 5) is 13.2. The Labute approximate surface area is 201 Å². The molecule has 0 saturated carbocycles. The van der Waals surface area contributed by atoms with Gasteiger partial charge in [-0.2, -0.15) is 10.2 Å². The minimum atomic E-state index is 0.0644. The van der Waals surface area contributed by atoms with E-state index in [0.717, 1.165) is 71.3 Å². The van der Waals surface area contributed by atoms with Crippen LogP contribution in [0.15, 0.2) is 36.9 Å². The van der Waals surface area contributed by atoms with Crippen molar-refractivity contribution in [1.29, 1.82) is 0 Å². The molecule has 1 saturated heterocycles. The molecule has 3 aromatic heterocycles. The van der Waals surface area contributed by atoms with E-state index >= 15 is 0 Å². The maximum atomic E-state index is 9.16. The van der Waals surface area contributed by atoms with Crippen LogP contribution >= 0.6 is 11.3 Å². The summed E-state index contributed by atoms with van der Waals surface area (Å²) in [7, 11) is 2.17. The van der Waals surface area contributed by atoms with Gasteiger partial charge in [0.25, 0.3) is 0 Å². The molecule has 5 heterocycles. The van der Waals surface area contributed by atoms with Gasteiger partial charge < -0.3 is 14.7 Å². The van der Waals surface area contributed by atoms with Crippen LogP contribution in [0.2, 0.25) is 0 Å². The standard InChI is InChI=1S/C24H27N7O2S/c1-29-7-4-18(5-8-29)31-23(25-15-27-31)24-28-22-19-3-2-16(17-13-26-30(14-17)9-10-32)12-20(19)33-11-6-21(22)34-24/h2-3,12-15,18,32H,4-11H2,1H3. The van der Waals surface area contributed by atoms with Crippen LogP contribution in [0.5, 0.6) is 5.75 Å². The fourth-order valence-corrected chi connectivity index (χ4v) is 5.79. The van der Waals surface area contributed by atoms with Gasteiger partial charge in [0.15, 0.2) is 10.8 Å². The zero-order chi connectivity index (χ0) is 23.1. The van der Waals surface area contributed by atoms with E-state index in [1.165, 1.54) is 4.88 Å². The third kappa shape index (κ3) is 3.91. The molecule has 0 bridgehead atoms. The molecular formula is C24H27N7O2S. The van der Waals surface area contributed by atoms with Crippen LogP contribution in [0.4, 0.5) is 0 Å². The average molecular weight is 478 g/mol. The molecule has 2 aliphatic heterocycles. The van der Waals surface area contributed by atoms with Crippen molar-refractivity contribution in [2.24, 2.45) is 0 Å². The predicted molar refractivity (Wildman–Crippen MR) is 130 cm³/mol. The number of benzene rings is 1. The fraction of sp³-hybridized carbons (Fsp3) is 0.417. The van der Waals surface area contributed by atoms with Gasteiger partial charge >= 0.3 is 0 Å². The molecule has 1 aromatic carbocycles. The second kappa shape index (κ2) is 8.94. The van der Waals surface area contributed by atoms with E-state index in [1.807, 2.05) is 12.4 Å². The lowest BCUT2D eigenvalue weighted by Gasteiger charge is -2.29. The molecule has 0 atom stereocenters. The predicted octanol–water partition coefficient (Wildman–Crippen LogP) is 3.13. The van der Waals surface area contributed by atoms with E-state index < -0.39 is 0 Å². The Morgan fingerprint density at radius 1 is 1.18 bits per heavy atom. The van der Waals surface area contributed by atoms with Gasteiger partial charge in [-0.15, -0.1) is 11.3 Å². The summed E-state index contributed by atoms with van der Waals surface area (Å²) in [5.41, 5.74) is 4.01. The first-order valence-corrected chi connectivity index (χ1v) is 12.5. The molecule has 0 radical (unpaired) electrons. The lowest BCUT2D eigenvalue weighted by Crippen LogP contribution is -2.32. The van der Waals surface area contributed by atoms with Crippen molar-refractivity contribution >= 4 is 11.3 Å². The molecule has 0 amide bonds. The number of nitrogens with zero attached hydrogens (tertiary/aromatic N) is 7. The van der Waals surface area contributed by atoms with E-state index in [9.17, 15) is 0 Å². The Morgan fingerprint density at radius 2 is 2.06 bits per heavy atom. The van der Waals surface area contributed by atoms with Crippen molar-refractivity contribution < 1.29 is 9.84 Å². The van der Waals surface area contributed by atoms with Crippen LogP contribution < -0.4 is 4.74 Å². The molecule has 6 rings (SSSR count). The molecule has 34 heavy (non-hydrogen) atoms. The van der Waals surface area contributed by atoms with Gasteiger partial charge in [-0.1, -0.05) is 6.07 Å². The molecule has 1 N–H and O–H groups in total. The molecular weight excluding hydrogens is 450 g/mol. The first kappa shape index (κ1) is 21.5. The van der Waals surface area contributed by atoms with Crippen molar-refractivity contribution in [2.45, 2.75) is 31.8 Å². The Kier molecular flexibility index (Phi) is 5.64. The second-order valence-corrected chi connectivity index (χ2v) is 9.96. The van der Waals surface area contributed by atoms with E-state index in [0.29, 0.717) is 19.2 Å². The van der Waals surface area contributed by atoms with Gasteiger partial charge in [0.1, 0.15) is 12.1 Å². The number of thiazole rings is 1. The number of ether oxygens (including phenoxy) is 1. The fourth-order valence-electron chi connectivity index (χ4n) is 4.75. The lowest BCUT2D eigenvalue weighted by molar-refractivity contribution is 0.213. The normalized spacial score (nSPS) is 16.6. The molecule has 176 valence electrons. The zero-order valence-corrected chi connectivity index (χ0v) is 19.9. The quantitative estimate of drug-likeness (QED) is 0.472. The third-order valence-corrected chi connectivity index (χ3v) is 7.73. The van der Waals surface area contributed by atoms with Crippen molar-refractivity contribution in [3.63, 3.8) is 0 Å². The number of aliphatic hydroxyl groups excluding tert-OH is 1. The first-order chi connectivity index (χ1) is 16.7. The summed E-state index contributed by atoms with van der Waals surface area (Å²) >= 11 is 1.70. The Hall–Kier alpha value is -3.08. The van der Waals surface area contributed by atoms with Crippen LogP contribution in [0.1, 0.15) is 23.8 Å². The smallest absolute Gasteiger partial charge is 0.187 e. The number of piperidine rings is 1. The topological polar surface area (TPSA) is 94.1 Å². The average Bonchev–Trinajstić information content (AvgIpc) is 3.58. The van der Waals surface area contributed by atoms with E-state index in [4.69, 9.17) is 14.8 Å². The maximum absolute atomic E-state index is 9.16. The summed E-state index contributed by atoms with van der Waals surface area (Å²) in [5.74, 6) is 1.70. The Balaban J connectivity index is 1.33. The number of likely N-dealkylation sites (tertiary alicyclic amines) is 1. The number of hydrogen-bond donors (Lipinski definition) is 1. The number of aromatic nitrogens is 6. The summed E-state index contributed by atoms with van der Waals surface area (Å²) in [6, 6.07) is 6.59. The van der Waals surface area contributed by atoms with Crippen molar-refractivity contribution in [3.05, 3.63) is 41.8 Å². The van der Waals surface area contributed by atoms with Gasteiger partial charge in [-0.25, -0.2) is 14.6 Å². The highest BCUT2D eigenvalue weighted by Gasteiger charge is 2.26. The lowest BCUT2D eigenvalue weighted by atomic mass is 10.0. The number of hydrogen-bond acceptors (Lipinski definition) is 8. The molecule has 0 unspecified atom stereocenters. The molecule has 0 aliphatic carbocycles. The monoisotopic (exact) mass is 477 g/mol. The highest BCUT2D eigenvalue weighted by molar-refractivity contribution is 7.15. The number of fused-ring (bicyclic) bond motifs is 3. The van der Waals surface area contributed by atoms with Crippen molar-refractivity contribution in [2.75, 3.05) is 33.4 Å². The molecule has 2 aliphatic rings. The zero-order valence-electron chi connectivity index (χ0n) is 19.1. The molecule has 4 aromatic rings. The van der Waals surface area contributed by atoms with Gasteiger partial charge in [0, 0.05) is 28.6 Å². The minimum Gasteiger partial charge on any atom is -0.492 e. The SMILES string of the molecule is CN1CCC(n2ncnc2-c2nc3c(s2)CCOc2cc(-c4cnn(CCO)c4)ccc2-3)CC1. The molecule has 1 fully saturated rings. The highest BCUT2D eigenvalue weighted by atomic mass is 32.1. The van der Waals surface area contributed by atoms with Crippen LogP contribution in [-0.4, -0.2) is 72.9 Å². The molecule has 10 heteroatoms. The number of rotatable bonds is 5. The summed E-state index contributed by atoms with van der Waals surface area (Å²) in [5, 5.41) is 19.0. The first-order valence-electron chi connectivity index (χ1n) is 11.7. The van der Waals surface area contributed by atoms with E-state index in [2.05, 4.69) is 50.0 Å². The van der Waals surface area contributed by atoms with Gasteiger partial charge in [-0.3, -0.25) is 4.68 Å².